The van der Waals surface area contributed by atoms with E-state index in [1.54, 1.807) is 36.4 Å². The average molecular weight is 351 g/mol. The highest BCUT2D eigenvalue weighted by Crippen LogP contribution is 2.25. The first-order chi connectivity index (χ1) is 12.7. The molecular weight excluding hydrogens is 330 g/mol. The van der Waals surface area contributed by atoms with Crippen LogP contribution in [-0.2, 0) is 6.54 Å². The van der Waals surface area contributed by atoms with Crippen LogP contribution in [-0.4, -0.2) is 22.3 Å². The number of anilines is 1. The average Bonchev–Trinajstić information content (AvgIpc) is 2.66. The summed E-state index contributed by atoms with van der Waals surface area (Å²) in [6.45, 7) is 4.80. The predicted molar refractivity (Wildman–Crippen MR) is 102 cm³/mol. The second-order valence-electron chi connectivity index (χ2n) is 5.81. The van der Waals surface area contributed by atoms with Gasteiger partial charge in [0, 0.05) is 11.9 Å². The predicted octanol–water partition coefficient (Wildman–Crippen LogP) is 3.46. The van der Waals surface area contributed by atoms with Gasteiger partial charge in [-0.3, -0.25) is 9.59 Å². The molecule has 1 amide bonds. The fraction of sp³-hybridized carbons (Fsp3) is 0.250. The summed E-state index contributed by atoms with van der Waals surface area (Å²) < 4.78 is 6.91. The number of ether oxygens (including phenoxy) is 1. The molecule has 0 bridgehead atoms. The van der Waals surface area contributed by atoms with Crippen LogP contribution in [0, 0.1) is 0 Å². The van der Waals surface area contributed by atoms with Gasteiger partial charge in [0.2, 0.25) is 0 Å². The van der Waals surface area contributed by atoms with Gasteiger partial charge in [0.1, 0.15) is 5.75 Å². The van der Waals surface area contributed by atoms with Gasteiger partial charge in [-0.1, -0.05) is 37.3 Å². The summed E-state index contributed by atoms with van der Waals surface area (Å²) in [5.74, 6) is 0.216. The molecular formula is C20H21N3O3. The second kappa shape index (κ2) is 7.82. The number of carbonyl (C=O) groups excluding carboxylic acids is 1. The number of hydrogen-bond acceptors (Lipinski definition) is 4. The lowest BCUT2D eigenvalue weighted by Gasteiger charge is -2.13. The highest BCUT2D eigenvalue weighted by Gasteiger charge is 2.17. The van der Waals surface area contributed by atoms with Crippen molar-refractivity contribution in [2.75, 3.05) is 11.9 Å². The lowest BCUT2D eigenvalue weighted by Crippen LogP contribution is -2.27. The Labute approximate surface area is 151 Å². The van der Waals surface area contributed by atoms with Crippen molar-refractivity contribution in [2.24, 2.45) is 0 Å². The van der Waals surface area contributed by atoms with Gasteiger partial charge in [0.15, 0.2) is 5.69 Å². The minimum absolute atomic E-state index is 0.186. The van der Waals surface area contributed by atoms with E-state index in [2.05, 4.69) is 10.4 Å². The SMILES string of the molecule is CCCn1nc(C(=O)Nc2ccccc2OCC)c2ccccc2c1=O. The van der Waals surface area contributed by atoms with Crippen LogP contribution in [0.25, 0.3) is 10.8 Å². The molecule has 2 aromatic carbocycles. The Bertz CT molecular complexity index is 995. The fourth-order valence-electron chi connectivity index (χ4n) is 2.80. The fourth-order valence-corrected chi connectivity index (χ4v) is 2.80. The topological polar surface area (TPSA) is 73.2 Å². The summed E-state index contributed by atoms with van der Waals surface area (Å²) in [4.78, 5) is 25.4. The minimum atomic E-state index is -0.377. The number of carbonyl (C=O) groups is 1. The number of para-hydroxylation sites is 2. The highest BCUT2D eigenvalue weighted by molar-refractivity contribution is 6.11. The number of fused-ring (bicyclic) bond motifs is 1. The summed E-state index contributed by atoms with van der Waals surface area (Å²) in [6.07, 6.45) is 0.749. The molecule has 3 aromatic rings. The van der Waals surface area contributed by atoms with Gasteiger partial charge >= 0.3 is 0 Å². The number of hydrogen-bond donors (Lipinski definition) is 1. The molecule has 1 N–H and O–H groups in total. The zero-order valence-corrected chi connectivity index (χ0v) is 14.9. The van der Waals surface area contributed by atoms with Crippen molar-refractivity contribution in [2.45, 2.75) is 26.8 Å². The maximum atomic E-state index is 12.9. The Morgan fingerprint density at radius 1 is 1.08 bits per heavy atom. The Morgan fingerprint density at radius 3 is 2.50 bits per heavy atom. The molecule has 1 aromatic heterocycles. The zero-order chi connectivity index (χ0) is 18.5. The third kappa shape index (κ3) is 3.44. The number of aryl methyl sites for hydroxylation is 1. The molecule has 0 fully saturated rings. The van der Waals surface area contributed by atoms with Crippen molar-refractivity contribution in [3.8, 4) is 5.75 Å². The molecule has 0 atom stereocenters. The Morgan fingerprint density at radius 2 is 1.77 bits per heavy atom. The molecule has 1 heterocycles. The number of aromatic nitrogens is 2. The second-order valence-corrected chi connectivity index (χ2v) is 5.81. The van der Waals surface area contributed by atoms with Crippen LogP contribution < -0.4 is 15.6 Å². The maximum absolute atomic E-state index is 12.9. The van der Waals surface area contributed by atoms with Gasteiger partial charge in [-0.05, 0) is 31.5 Å². The number of nitrogens with zero attached hydrogens (tertiary/aromatic N) is 2. The van der Waals surface area contributed by atoms with Crippen LogP contribution >= 0.6 is 0 Å². The Hall–Kier alpha value is -3.15. The summed E-state index contributed by atoms with van der Waals surface area (Å²) in [6, 6.07) is 14.3. The third-order valence-corrected chi connectivity index (χ3v) is 3.95. The molecule has 0 radical (unpaired) electrons. The van der Waals surface area contributed by atoms with E-state index in [9.17, 15) is 9.59 Å². The molecule has 6 nitrogen and oxygen atoms in total. The van der Waals surface area contributed by atoms with Gasteiger partial charge in [-0.15, -0.1) is 0 Å². The van der Waals surface area contributed by atoms with Crippen molar-refractivity contribution in [1.82, 2.24) is 9.78 Å². The van der Waals surface area contributed by atoms with Crippen LogP contribution in [0.5, 0.6) is 5.75 Å². The quantitative estimate of drug-likeness (QED) is 0.738. The van der Waals surface area contributed by atoms with E-state index < -0.39 is 0 Å². The summed E-state index contributed by atoms with van der Waals surface area (Å²) >= 11 is 0. The lowest BCUT2D eigenvalue weighted by atomic mass is 10.1. The molecule has 26 heavy (non-hydrogen) atoms. The largest absolute Gasteiger partial charge is 0.492 e. The standard InChI is InChI=1S/C20H21N3O3/c1-3-13-23-20(25)15-10-6-5-9-14(15)18(22-23)19(24)21-16-11-7-8-12-17(16)26-4-2/h5-12H,3-4,13H2,1-2H3,(H,21,24). The molecule has 0 saturated heterocycles. The van der Waals surface area contributed by atoms with Crippen molar-refractivity contribution in [1.29, 1.82) is 0 Å². The number of rotatable bonds is 6. The van der Waals surface area contributed by atoms with E-state index in [0.29, 0.717) is 35.4 Å². The van der Waals surface area contributed by atoms with Gasteiger partial charge in [0.25, 0.3) is 11.5 Å². The molecule has 0 saturated carbocycles. The van der Waals surface area contributed by atoms with Crippen LogP contribution in [0.1, 0.15) is 30.8 Å². The molecule has 134 valence electrons. The van der Waals surface area contributed by atoms with Crippen molar-refractivity contribution < 1.29 is 9.53 Å². The van der Waals surface area contributed by atoms with E-state index in [0.717, 1.165) is 6.42 Å². The van der Waals surface area contributed by atoms with E-state index in [1.807, 2.05) is 26.0 Å². The highest BCUT2D eigenvalue weighted by atomic mass is 16.5. The number of benzene rings is 2. The van der Waals surface area contributed by atoms with Gasteiger partial charge < -0.3 is 10.1 Å². The Kier molecular flexibility index (Phi) is 5.31. The van der Waals surface area contributed by atoms with Crippen molar-refractivity contribution in [3.63, 3.8) is 0 Å². The van der Waals surface area contributed by atoms with Gasteiger partial charge in [-0.25, -0.2) is 4.68 Å². The first kappa shape index (κ1) is 17.7. The first-order valence-corrected chi connectivity index (χ1v) is 8.68. The first-order valence-electron chi connectivity index (χ1n) is 8.68. The van der Waals surface area contributed by atoms with Crippen LogP contribution in [0.4, 0.5) is 5.69 Å². The summed E-state index contributed by atoms with van der Waals surface area (Å²) in [5, 5.41) is 8.19. The van der Waals surface area contributed by atoms with E-state index in [1.165, 1.54) is 4.68 Å². The molecule has 6 heteroatoms. The normalized spacial score (nSPS) is 10.7. The van der Waals surface area contributed by atoms with E-state index >= 15 is 0 Å². The number of amides is 1. The van der Waals surface area contributed by atoms with Crippen LogP contribution in [0.3, 0.4) is 0 Å². The van der Waals surface area contributed by atoms with Crippen molar-refractivity contribution >= 4 is 22.4 Å². The third-order valence-electron chi connectivity index (χ3n) is 3.95. The lowest BCUT2D eigenvalue weighted by molar-refractivity contribution is 0.102. The van der Waals surface area contributed by atoms with Crippen molar-refractivity contribution in [3.05, 3.63) is 64.6 Å². The monoisotopic (exact) mass is 351 g/mol. The smallest absolute Gasteiger partial charge is 0.276 e. The van der Waals surface area contributed by atoms with Crippen LogP contribution in [0.2, 0.25) is 0 Å². The van der Waals surface area contributed by atoms with E-state index in [-0.39, 0.29) is 17.2 Å². The summed E-state index contributed by atoms with van der Waals surface area (Å²) in [5.41, 5.74) is 0.604. The summed E-state index contributed by atoms with van der Waals surface area (Å²) in [7, 11) is 0. The number of nitrogens with one attached hydrogen (secondary N) is 1. The Balaban J connectivity index is 2.06. The van der Waals surface area contributed by atoms with Gasteiger partial charge in [0.05, 0.1) is 17.7 Å². The van der Waals surface area contributed by atoms with Gasteiger partial charge in [-0.2, -0.15) is 5.10 Å². The molecule has 0 aliphatic carbocycles. The maximum Gasteiger partial charge on any atom is 0.276 e. The zero-order valence-electron chi connectivity index (χ0n) is 14.9. The molecule has 0 aliphatic heterocycles. The molecule has 0 aliphatic rings. The minimum Gasteiger partial charge on any atom is -0.492 e. The molecule has 0 unspecified atom stereocenters. The van der Waals surface area contributed by atoms with E-state index in [4.69, 9.17) is 4.74 Å². The molecule has 0 spiro atoms. The molecule has 3 rings (SSSR count). The van der Waals surface area contributed by atoms with Crippen LogP contribution in [0.15, 0.2) is 53.3 Å².